The molecular weight excluding hydrogens is 476 g/mol. The quantitative estimate of drug-likeness (QED) is 0.350. The number of ether oxygens (including phenoxy) is 1. The summed E-state index contributed by atoms with van der Waals surface area (Å²) in [5, 5.41) is 11.0. The van der Waals surface area contributed by atoms with Gasteiger partial charge in [-0.3, -0.25) is 9.59 Å². The minimum absolute atomic E-state index is 0.120. The fourth-order valence-corrected chi connectivity index (χ4v) is 4.64. The van der Waals surface area contributed by atoms with Crippen molar-refractivity contribution >= 4 is 51.6 Å². The molecule has 0 aromatic carbocycles. The lowest BCUT2D eigenvalue weighted by atomic mass is 10.1. The Morgan fingerprint density at radius 3 is 2.68 bits per heavy atom. The van der Waals surface area contributed by atoms with Crippen molar-refractivity contribution < 1.29 is 23.6 Å². The van der Waals surface area contributed by atoms with Crippen molar-refractivity contribution in [2.24, 2.45) is 0 Å². The number of aryl methyl sites for hydroxylation is 1. The molecule has 4 aromatic heterocycles. The van der Waals surface area contributed by atoms with Crippen molar-refractivity contribution in [2.45, 2.75) is 20.4 Å². The summed E-state index contributed by atoms with van der Waals surface area (Å²) in [7, 11) is 0. The monoisotopic (exact) mass is 498 g/mol. The van der Waals surface area contributed by atoms with E-state index in [0.717, 1.165) is 9.75 Å². The van der Waals surface area contributed by atoms with Gasteiger partial charge in [-0.1, -0.05) is 17.3 Å². The van der Waals surface area contributed by atoms with Crippen LogP contribution in [0.3, 0.4) is 0 Å². The molecule has 0 aliphatic carbocycles. The van der Waals surface area contributed by atoms with Crippen LogP contribution < -0.4 is 5.32 Å². The number of amides is 2. The molecule has 11 heteroatoms. The van der Waals surface area contributed by atoms with Crippen LogP contribution in [0.2, 0.25) is 0 Å². The van der Waals surface area contributed by atoms with Gasteiger partial charge in [0.2, 0.25) is 5.91 Å². The number of esters is 1. The van der Waals surface area contributed by atoms with Crippen LogP contribution in [0.1, 0.15) is 27.9 Å². The normalized spacial score (nSPS) is 10.9. The number of rotatable bonds is 9. The minimum atomic E-state index is -0.692. The van der Waals surface area contributed by atoms with Gasteiger partial charge in [-0.25, -0.2) is 9.78 Å². The Bertz CT molecular complexity index is 1300. The number of nitrogens with one attached hydrogen (secondary N) is 1. The van der Waals surface area contributed by atoms with Crippen LogP contribution in [0.25, 0.3) is 21.7 Å². The average Bonchev–Trinajstić information content (AvgIpc) is 3.61. The number of likely N-dealkylation sites (N-methyl/N-ethyl adjacent to an activating group) is 1. The predicted octanol–water partition coefficient (Wildman–Crippen LogP) is 3.64. The van der Waals surface area contributed by atoms with E-state index in [1.807, 2.05) is 35.0 Å². The van der Waals surface area contributed by atoms with Crippen molar-refractivity contribution in [3.8, 4) is 10.6 Å². The molecule has 0 saturated heterocycles. The highest BCUT2D eigenvalue weighted by molar-refractivity contribution is 7.13. The van der Waals surface area contributed by atoms with E-state index < -0.39 is 18.5 Å². The first-order valence-electron chi connectivity index (χ1n) is 10.5. The smallest absolute Gasteiger partial charge is 0.339 e. The second kappa shape index (κ2) is 10.6. The molecule has 0 atom stereocenters. The molecule has 0 saturated carbocycles. The number of carbonyl (C=O) groups is 3. The lowest BCUT2D eigenvalue weighted by Gasteiger charge is -2.20. The largest absolute Gasteiger partial charge is 0.452 e. The van der Waals surface area contributed by atoms with Crippen LogP contribution in [0, 0.1) is 6.92 Å². The lowest BCUT2D eigenvalue weighted by Crippen LogP contribution is -2.42. The second-order valence-corrected chi connectivity index (χ2v) is 9.30. The number of hydrogen-bond donors (Lipinski definition) is 1. The van der Waals surface area contributed by atoms with E-state index >= 15 is 0 Å². The summed E-state index contributed by atoms with van der Waals surface area (Å²) in [4.78, 5) is 45.5. The third kappa shape index (κ3) is 5.32. The highest BCUT2D eigenvalue weighted by atomic mass is 32.1. The fraction of sp³-hybridized carbons (Fsp3) is 0.261. The van der Waals surface area contributed by atoms with Gasteiger partial charge in [-0.15, -0.1) is 22.7 Å². The Morgan fingerprint density at radius 1 is 1.18 bits per heavy atom. The van der Waals surface area contributed by atoms with E-state index in [0.29, 0.717) is 29.9 Å². The van der Waals surface area contributed by atoms with E-state index in [-0.39, 0.29) is 23.7 Å². The van der Waals surface area contributed by atoms with Crippen molar-refractivity contribution in [2.75, 3.05) is 19.7 Å². The lowest BCUT2D eigenvalue weighted by molar-refractivity contribution is -0.138. The molecule has 0 radical (unpaired) electrons. The second-order valence-electron chi connectivity index (χ2n) is 7.32. The van der Waals surface area contributed by atoms with Gasteiger partial charge in [0.05, 0.1) is 40.3 Å². The maximum atomic E-state index is 12.9. The first-order chi connectivity index (χ1) is 16.5. The molecule has 0 aliphatic rings. The number of fused-ring (bicyclic) bond motifs is 1. The molecule has 0 bridgehead atoms. The molecule has 1 N–H and O–H groups in total. The van der Waals surface area contributed by atoms with Crippen LogP contribution in [-0.4, -0.2) is 52.5 Å². The van der Waals surface area contributed by atoms with Crippen LogP contribution >= 0.6 is 22.7 Å². The fourth-order valence-electron chi connectivity index (χ4n) is 3.31. The average molecular weight is 499 g/mol. The van der Waals surface area contributed by atoms with E-state index in [4.69, 9.17) is 9.26 Å². The van der Waals surface area contributed by atoms with Crippen LogP contribution in [0.5, 0.6) is 0 Å². The molecule has 0 unspecified atom stereocenters. The first-order valence-corrected chi connectivity index (χ1v) is 12.3. The molecule has 4 aromatic rings. The van der Waals surface area contributed by atoms with Gasteiger partial charge in [-0.05, 0) is 42.8 Å². The van der Waals surface area contributed by atoms with Gasteiger partial charge in [0.25, 0.3) is 11.6 Å². The maximum Gasteiger partial charge on any atom is 0.339 e. The summed E-state index contributed by atoms with van der Waals surface area (Å²) >= 11 is 3.01. The molecule has 34 heavy (non-hydrogen) atoms. The molecular formula is C23H22N4O5S2. The highest BCUT2D eigenvalue weighted by Crippen LogP contribution is 2.29. The number of pyridine rings is 1. The number of thiophene rings is 2. The van der Waals surface area contributed by atoms with E-state index in [9.17, 15) is 14.4 Å². The molecule has 4 rings (SSSR count). The third-order valence-electron chi connectivity index (χ3n) is 5.05. The van der Waals surface area contributed by atoms with Gasteiger partial charge in [0.1, 0.15) is 0 Å². The molecule has 176 valence electrons. The van der Waals surface area contributed by atoms with E-state index in [2.05, 4.69) is 15.5 Å². The molecule has 0 aliphatic heterocycles. The summed E-state index contributed by atoms with van der Waals surface area (Å²) in [6.07, 6.45) is 0. The zero-order valence-corrected chi connectivity index (χ0v) is 20.2. The van der Waals surface area contributed by atoms with Crippen LogP contribution in [0.4, 0.5) is 0 Å². The summed E-state index contributed by atoms with van der Waals surface area (Å²) in [6.45, 7) is 3.55. The summed E-state index contributed by atoms with van der Waals surface area (Å²) in [5.41, 5.74) is 1.49. The van der Waals surface area contributed by atoms with Gasteiger partial charge in [0.15, 0.2) is 6.61 Å². The molecule has 9 nitrogen and oxygen atoms in total. The maximum absolute atomic E-state index is 12.9. The Hall–Kier alpha value is -3.57. The SMILES string of the molecule is CCN(CC(=O)NCc1cccs1)C(=O)COC(=O)c1cc(-c2cccs2)nc2onc(C)c12. The Kier molecular flexibility index (Phi) is 7.33. The summed E-state index contributed by atoms with van der Waals surface area (Å²) in [6, 6.07) is 9.20. The van der Waals surface area contributed by atoms with Gasteiger partial charge in [-0.2, -0.15) is 0 Å². The molecule has 4 heterocycles. The summed E-state index contributed by atoms with van der Waals surface area (Å²) in [5.74, 6) is -1.44. The van der Waals surface area contributed by atoms with Crippen molar-refractivity contribution in [3.05, 3.63) is 57.2 Å². The Morgan fingerprint density at radius 2 is 1.97 bits per heavy atom. The van der Waals surface area contributed by atoms with Gasteiger partial charge >= 0.3 is 5.97 Å². The predicted molar refractivity (Wildman–Crippen MR) is 129 cm³/mol. The zero-order chi connectivity index (χ0) is 24.1. The van der Waals surface area contributed by atoms with E-state index in [1.165, 1.54) is 27.6 Å². The van der Waals surface area contributed by atoms with Crippen molar-refractivity contribution in [3.63, 3.8) is 0 Å². The number of aromatic nitrogens is 2. The van der Waals surface area contributed by atoms with Gasteiger partial charge < -0.3 is 19.5 Å². The standard InChI is InChI=1S/C23H22N4O5S2/c1-3-27(12-19(28)24-11-15-6-4-8-33-15)20(29)13-31-23(30)16-10-17(18-7-5-9-34-18)25-22-21(16)14(2)26-32-22/h4-10H,3,11-13H2,1-2H3,(H,24,28). The molecule has 0 fully saturated rings. The number of hydrogen-bond acceptors (Lipinski definition) is 9. The number of nitrogens with zero attached hydrogens (tertiary/aromatic N) is 3. The molecule has 0 spiro atoms. The molecule has 2 amide bonds. The van der Waals surface area contributed by atoms with Crippen LogP contribution in [-0.2, 0) is 20.9 Å². The Labute approximate surface area is 203 Å². The zero-order valence-electron chi connectivity index (χ0n) is 18.6. The summed E-state index contributed by atoms with van der Waals surface area (Å²) < 4.78 is 10.6. The minimum Gasteiger partial charge on any atom is -0.452 e. The van der Waals surface area contributed by atoms with Crippen molar-refractivity contribution in [1.29, 1.82) is 0 Å². The van der Waals surface area contributed by atoms with E-state index in [1.54, 1.807) is 19.9 Å². The van der Waals surface area contributed by atoms with Gasteiger partial charge in [0, 0.05) is 11.4 Å². The Balaban J connectivity index is 1.41. The first kappa shape index (κ1) is 23.6. The number of carbonyl (C=O) groups excluding carboxylic acids is 3. The third-order valence-corrected chi connectivity index (χ3v) is 6.81. The topological polar surface area (TPSA) is 115 Å². The van der Waals surface area contributed by atoms with Crippen molar-refractivity contribution in [1.82, 2.24) is 20.4 Å². The highest BCUT2D eigenvalue weighted by Gasteiger charge is 2.23. The van der Waals surface area contributed by atoms with Crippen LogP contribution in [0.15, 0.2) is 45.6 Å².